The molecule has 0 aromatic carbocycles. The summed E-state index contributed by atoms with van der Waals surface area (Å²) in [6.07, 6.45) is 3.88. The zero-order chi connectivity index (χ0) is 17.0. The van der Waals surface area contributed by atoms with Crippen LogP contribution in [0.25, 0.3) is 0 Å². The van der Waals surface area contributed by atoms with Crippen molar-refractivity contribution in [3.63, 3.8) is 0 Å². The molecule has 0 aliphatic heterocycles. The molecule has 0 N–H and O–H groups in total. The summed E-state index contributed by atoms with van der Waals surface area (Å²) in [6.45, 7) is 5.44. The van der Waals surface area contributed by atoms with Gasteiger partial charge in [0.15, 0.2) is 12.1 Å². The lowest BCUT2D eigenvalue weighted by molar-refractivity contribution is 0.0519. The van der Waals surface area contributed by atoms with E-state index in [1.807, 2.05) is 13.8 Å². The highest BCUT2D eigenvalue weighted by atomic mass is 19.1. The number of esters is 1. The number of pyridine rings is 1. The van der Waals surface area contributed by atoms with E-state index in [0.29, 0.717) is 12.7 Å². The van der Waals surface area contributed by atoms with E-state index in [4.69, 9.17) is 9.47 Å². The first kappa shape index (κ1) is 16.9. The highest BCUT2D eigenvalue weighted by Crippen LogP contribution is 2.33. The van der Waals surface area contributed by atoms with E-state index in [-0.39, 0.29) is 35.3 Å². The summed E-state index contributed by atoms with van der Waals surface area (Å²) in [7, 11) is 0. The fourth-order valence-electron chi connectivity index (χ4n) is 2.45. The number of ether oxygens (including phenoxy) is 2. The summed E-state index contributed by atoms with van der Waals surface area (Å²) in [5.41, 5.74) is 0.898. The summed E-state index contributed by atoms with van der Waals surface area (Å²) in [6, 6.07) is 1.38. The summed E-state index contributed by atoms with van der Waals surface area (Å²) >= 11 is 0. The molecule has 1 unspecified atom stereocenters. The molecule has 23 heavy (non-hydrogen) atoms. The number of hydrogen-bond acceptors (Lipinski definition) is 5. The van der Waals surface area contributed by atoms with E-state index in [0.717, 1.165) is 5.57 Å². The third-order valence-electron chi connectivity index (χ3n) is 3.45. The standard InChI is InChI=1S/C17H18FNO4/c1-4-22-17(21)14-12(9-20)5-6-19-16(14)23-15-11(3)7-10(2)8-13(15)18/h5-6,8-9,11H,4,7H2,1-3H3. The Labute approximate surface area is 133 Å². The lowest BCUT2D eigenvalue weighted by Crippen LogP contribution is -2.16. The molecule has 6 heteroatoms. The highest BCUT2D eigenvalue weighted by molar-refractivity contribution is 6.00. The first-order chi connectivity index (χ1) is 11.0. The molecule has 0 saturated carbocycles. The number of carbonyl (C=O) groups is 2. The Morgan fingerprint density at radius 3 is 2.87 bits per heavy atom. The number of allylic oxidation sites excluding steroid dienone is 4. The van der Waals surface area contributed by atoms with Gasteiger partial charge in [0.05, 0.1) is 6.61 Å². The quantitative estimate of drug-likeness (QED) is 0.612. The van der Waals surface area contributed by atoms with Gasteiger partial charge in [-0.3, -0.25) is 4.79 Å². The van der Waals surface area contributed by atoms with Crippen molar-refractivity contribution in [3.05, 3.63) is 46.6 Å². The molecule has 5 nitrogen and oxygen atoms in total. The van der Waals surface area contributed by atoms with Gasteiger partial charge in [-0.25, -0.2) is 14.2 Å². The Hall–Kier alpha value is -2.50. The summed E-state index contributed by atoms with van der Waals surface area (Å²) < 4.78 is 24.7. The fourth-order valence-corrected chi connectivity index (χ4v) is 2.45. The number of aldehydes is 1. The molecule has 0 spiro atoms. The van der Waals surface area contributed by atoms with Crippen LogP contribution in [0.1, 0.15) is 47.9 Å². The Bertz CT molecular complexity index is 694. The molecule has 2 rings (SSSR count). The number of nitrogens with zero attached hydrogens (tertiary/aromatic N) is 1. The Kier molecular flexibility index (Phi) is 5.26. The molecular formula is C17H18FNO4. The van der Waals surface area contributed by atoms with Gasteiger partial charge in [0.25, 0.3) is 0 Å². The molecule has 1 aromatic rings. The van der Waals surface area contributed by atoms with Gasteiger partial charge < -0.3 is 9.47 Å². The predicted octanol–water partition coefficient (Wildman–Crippen LogP) is 3.62. The maximum atomic E-state index is 14.2. The topological polar surface area (TPSA) is 65.5 Å². The molecular weight excluding hydrogens is 301 g/mol. The lowest BCUT2D eigenvalue weighted by Gasteiger charge is -2.22. The van der Waals surface area contributed by atoms with E-state index in [9.17, 15) is 14.0 Å². The molecule has 1 atom stereocenters. The van der Waals surface area contributed by atoms with Crippen LogP contribution in [0.15, 0.2) is 35.5 Å². The molecule has 0 saturated heterocycles. The smallest absolute Gasteiger partial charge is 0.344 e. The third-order valence-corrected chi connectivity index (χ3v) is 3.45. The zero-order valence-corrected chi connectivity index (χ0v) is 13.3. The molecule has 1 aliphatic rings. The van der Waals surface area contributed by atoms with Gasteiger partial charge in [-0.2, -0.15) is 0 Å². The largest absolute Gasteiger partial charge is 0.462 e. The fraction of sp³-hybridized carbons (Fsp3) is 0.353. The van der Waals surface area contributed by atoms with Gasteiger partial charge >= 0.3 is 5.97 Å². The van der Waals surface area contributed by atoms with E-state index in [1.165, 1.54) is 18.3 Å². The van der Waals surface area contributed by atoms with Crippen LogP contribution < -0.4 is 4.74 Å². The lowest BCUT2D eigenvalue weighted by atomic mass is 9.94. The first-order valence-electron chi connectivity index (χ1n) is 7.33. The average Bonchev–Trinajstić information content (AvgIpc) is 2.50. The van der Waals surface area contributed by atoms with Crippen molar-refractivity contribution < 1.29 is 23.5 Å². The molecule has 1 heterocycles. The van der Waals surface area contributed by atoms with E-state index >= 15 is 0 Å². The third kappa shape index (κ3) is 3.64. The number of halogens is 1. The van der Waals surface area contributed by atoms with Crippen LogP contribution >= 0.6 is 0 Å². The summed E-state index contributed by atoms with van der Waals surface area (Å²) in [4.78, 5) is 27.2. The van der Waals surface area contributed by atoms with Gasteiger partial charge in [0, 0.05) is 17.7 Å². The van der Waals surface area contributed by atoms with Crippen molar-refractivity contribution in [3.8, 4) is 5.88 Å². The summed E-state index contributed by atoms with van der Waals surface area (Å²) in [5.74, 6) is -1.46. The van der Waals surface area contributed by atoms with E-state index in [1.54, 1.807) is 6.92 Å². The van der Waals surface area contributed by atoms with Crippen LogP contribution in [0.3, 0.4) is 0 Å². The first-order valence-corrected chi connectivity index (χ1v) is 7.33. The highest BCUT2D eigenvalue weighted by Gasteiger charge is 2.26. The number of carbonyl (C=O) groups excluding carboxylic acids is 2. The van der Waals surface area contributed by atoms with Crippen LogP contribution in [0.2, 0.25) is 0 Å². The monoisotopic (exact) mass is 319 g/mol. The van der Waals surface area contributed by atoms with Crippen molar-refractivity contribution >= 4 is 12.3 Å². The molecule has 0 bridgehead atoms. The molecule has 122 valence electrons. The molecule has 0 fully saturated rings. The van der Waals surface area contributed by atoms with Gasteiger partial charge in [-0.15, -0.1) is 0 Å². The minimum Gasteiger partial charge on any atom is -0.462 e. The van der Waals surface area contributed by atoms with Gasteiger partial charge in [0.1, 0.15) is 11.3 Å². The Morgan fingerprint density at radius 2 is 2.26 bits per heavy atom. The van der Waals surface area contributed by atoms with Crippen molar-refractivity contribution in [2.24, 2.45) is 5.92 Å². The van der Waals surface area contributed by atoms with Gasteiger partial charge in [-0.05, 0) is 32.4 Å². The molecule has 1 aliphatic carbocycles. The second-order valence-corrected chi connectivity index (χ2v) is 5.33. The molecule has 1 aromatic heterocycles. The Morgan fingerprint density at radius 1 is 1.52 bits per heavy atom. The molecule has 0 amide bonds. The zero-order valence-electron chi connectivity index (χ0n) is 13.3. The van der Waals surface area contributed by atoms with E-state index < -0.39 is 11.8 Å². The second kappa shape index (κ2) is 7.17. The maximum absolute atomic E-state index is 14.2. The Balaban J connectivity index is 2.46. The van der Waals surface area contributed by atoms with Crippen molar-refractivity contribution in [2.75, 3.05) is 6.61 Å². The van der Waals surface area contributed by atoms with Crippen LogP contribution in [0.5, 0.6) is 5.88 Å². The summed E-state index contributed by atoms with van der Waals surface area (Å²) in [5, 5.41) is 0. The van der Waals surface area contributed by atoms with Crippen LogP contribution in [0.4, 0.5) is 4.39 Å². The van der Waals surface area contributed by atoms with Crippen molar-refractivity contribution in [2.45, 2.75) is 27.2 Å². The van der Waals surface area contributed by atoms with Gasteiger partial charge in [-0.1, -0.05) is 12.5 Å². The van der Waals surface area contributed by atoms with E-state index in [2.05, 4.69) is 4.98 Å². The minimum atomic E-state index is -0.728. The second-order valence-electron chi connectivity index (χ2n) is 5.33. The van der Waals surface area contributed by atoms with Crippen molar-refractivity contribution in [1.29, 1.82) is 0 Å². The minimum absolute atomic E-state index is 0.0876. The predicted molar refractivity (Wildman–Crippen MR) is 81.9 cm³/mol. The maximum Gasteiger partial charge on any atom is 0.344 e. The number of rotatable bonds is 5. The van der Waals surface area contributed by atoms with Crippen LogP contribution in [-0.4, -0.2) is 23.8 Å². The normalized spacial score (nSPS) is 17.6. The van der Waals surface area contributed by atoms with Crippen LogP contribution in [-0.2, 0) is 4.74 Å². The number of hydrogen-bond donors (Lipinski definition) is 0. The SMILES string of the molecule is CCOC(=O)c1c(C=O)ccnc1OC1=C(F)C=C(C)CC1C. The van der Waals surface area contributed by atoms with Crippen LogP contribution in [0, 0.1) is 5.92 Å². The number of aromatic nitrogens is 1. The van der Waals surface area contributed by atoms with Crippen molar-refractivity contribution in [1.82, 2.24) is 4.98 Å². The molecule has 0 radical (unpaired) electrons. The van der Waals surface area contributed by atoms with Gasteiger partial charge in [0.2, 0.25) is 5.88 Å². The average molecular weight is 319 g/mol.